The molecule has 1 fully saturated rings. The van der Waals surface area contributed by atoms with Crippen molar-refractivity contribution >= 4 is 11.6 Å². The van der Waals surface area contributed by atoms with Crippen molar-refractivity contribution in [3.8, 4) is 33.5 Å². The Morgan fingerprint density at radius 2 is 1.72 bits per heavy atom. The van der Waals surface area contributed by atoms with Crippen LogP contribution in [0.3, 0.4) is 0 Å². The molecule has 1 aliphatic heterocycles. The Balaban J connectivity index is 1.43. The lowest BCUT2D eigenvalue weighted by Gasteiger charge is -2.28. The Bertz CT molecular complexity index is 1250. The van der Waals surface area contributed by atoms with Crippen LogP contribution in [0, 0.1) is 5.82 Å². The standard InChI is InChI=1S/C25H23ClFN5/c1-31-8-5-22(6-9-31)32-16-20(15-30-32)19-10-18(13-28-14-19)17-4-7-29-25(11-17)23-12-21(26)2-3-24(23)27/h2-4,7,10-16,22H,5-6,8-9H2,1H3. The van der Waals surface area contributed by atoms with E-state index in [1.165, 1.54) is 12.1 Å². The number of aromatic nitrogens is 4. The van der Waals surface area contributed by atoms with E-state index in [1.54, 1.807) is 18.5 Å². The van der Waals surface area contributed by atoms with Crippen LogP contribution in [0.2, 0.25) is 5.02 Å². The minimum Gasteiger partial charge on any atom is -0.306 e. The minimum atomic E-state index is -0.354. The van der Waals surface area contributed by atoms with Crippen molar-refractivity contribution in [1.29, 1.82) is 0 Å². The highest BCUT2D eigenvalue weighted by Crippen LogP contribution is 2.30. The maximum atomic E-state index is 14.3. The summed E-state index contributed by atoms with van der Waals surface area (Å²) in [6.45, 7) is 2.18. The van der Waals surface area contributed by atoms with Crippen LogP contribution in [0.5, 0.6) is 0 Å². The van der Waals surface area contributed by atoms with Gasteiger partial charge in [0, 0.05) is 52.1 Å². The molecular weight excluding hydrogens is 425 g/mol. The third-order valence-electron chi connectivity index (χ3n) is 6.03. The van der Waals surface area contributed by atoms with E-state index in [9.17, 15) is 4.39 Å². The third kappa shape index (κ3) is 4.29. The highest BCUT2D eigenvalue weighted by atomic mass is 35.5. The lowest BCUT2D eigenvalue weighted by atomic mass is 10.0. The Morgan fingerprint density at radius 1 is 0.938 bits per heavy atom. The summed E-state index contributed by atoms with van der Waals surface area (Å²) in [7, 11) is 2.16. The van der Waals surface area contributed by atoms with Crippen molar-refractivity contribution in [2.75, 3.05) is 20.1 Å². The molecule has 0 amide bonds. The second-order valence-corrected chi connectivity index (χ2v) is 8.70. The molecule has 162 valence electrons. The maximum absolute atomic E-state index is 14.3. The van der Waals surface area contributed by atoms with Crippen LogP contribution < -0.4 is 0 Å². The average molecular weight is 448 g/mol. The molecule has 1 aliphatic rings. The number of halogens is 2. The number of rotatable bonds is 4. The molecule has 0 spiro atoms. The molecule has 0 bridgehead atoms. The number of pyridine rings is 2. The lowest BCUT2D eigenvalue weighted by Crippen LogP contribution is -2.31. The Morgan fingerprint density at radius 3 is 2.53 bits per heavy atom. The monoisotopic (exact) mass is 447 g/mol. The van der Waals surface area contributed by atoms with Gasteiger partial charge in [0.15, 0.2) is 0 Å². The molecule has 0 saturated carbocycles. The SMILES string of the molecule is CN1CCC(n2cc(-c3cncc(-c4ccnc(-c5cc(Cl)ccc5F)c4)c3)cn2)CC1. The fourth-order valence-corrected chi connectivity index (χ4v) is 4.33. The topological polar surface area (TPSA) is 46.8 Å². The van der Waals surface area contributed by atoms with Gasteiger partial charge in [-0.25, -0.2) is 4.39 Å². The van der Waals surface area contributed by atoms with E-state index in [1.807, 2.05) is 24.5 Å². The molecule has 0 radical (unpaired) electrons. The van der Waals surface area contributed by atoms with Crippen molar-refractivity contribution in [3.63, 3.8) is 0 Å². The summed E-state index contributed by atoms with van der Waals surface area (Å²) in [6, 6.07) is 10.8. The van der Waals surface area contributed by atoms with E-state index >= 15 is 0 Å². The van der Waals surface area contributed by atoms with Crippen LogP contribution in [0.1, 0.15) is 18.9 Å². The van der Waals surface area contributed by atoms with Gasteiger partial charge in [-0.05, 0) is 74.9 Å². The first-order chi connectivity index (χ1) is 15.6. The van der Waals surface area contributed by atoms with E-state index in [0.717, 1.165) is 48.2 Å². The molecular formula is C25H23ClFN5. The van der Waals surface area contributed by atoms with Gasteiger partial charge in [0.2, 0.25) is 0 Å². The first kappa shape index (κ1) is 20.8. The molecule has 1 saturated heterocycles. The van der Waals surface area contributed by atoms with Crippen molar-refractivity contribution < 1.29 is 4.39 Å². The van der Waals surface area contributed by atoms with Crippen molar-refractivity contribution in [3.05, 3.63) is 78.2 Å². The van der Waals surface area contributed by atoms with E-state index in [0.29, 0.717) is 22.3 Å². The molecule has 0 atom stereocenters. The van der Waals surface area contributed by atoms with Crippen molar-refractivity contribution in [2.24, 2.45) is 0 Å². The van der Waals surface area contributed by atoms with Crippen LogP contribution in [0.4, 0.5) is 4.39 Å². The Kier molecular flexibility index (Phi) is 5.72. The molecule has 0 N–H and O–H groups in total. The molecule has 32 heavy (non-hydrogen) atoms. The van der Waals surface area contributed by atoms with Gasteiger partial charge in [0.25, 0.3) is 0 Å². The molecule has 4 heterocycles. The summed E-state index contributed by atoms with van der Waals surface area (Å²) >= 11 is 6.06. The zero-order valence-corrected chi connectivity index (χ0v) is 18.5. The van der Waals surface area contributed by atoms with Crippen molar-refractivity contribution in [2.45, 2.75) is 18.9 Å². The Labute approximate surface area is 191 Å². The zero-order valence-electron chi connectivity index (χ0n) is 17.7. The highest BCUT2D eigenvalue weighted by molar-refractivity contribution is 6.30. The number of benzene rings is 1. The van der Waals surface area contributed by atoms with Gasteiger partial charge in [-0.15, -0.1) is 0 Å². The molecule has 0 unspecified atom stereocenters. The molecule has 5 nitrogen and oxygen atoms in total. The fourth-order valence-electron chi connectivity index (χ4n) is 4.15. The molecule has 3 aromatic heterocycles. The summed E-state index contributed by atoms with van der Waals surface area (Å²) in [5.74, 6) is -0.354. The van der Waals surface area contributed by atoms with Crippen LogP contribution in [-0.2, 0) is 0 Å². The van der Waals surface area contributed by atoms with Gasteiger partial charge in [-0.1, -0.05) is 11.6 Å². The summed E-state index contributed by atoms with van der Waals surface area (Å²) in [5, 5.41) is 5.09. The van der Waals surface area contributed by atoms with Crippen LogP contribution in [-0.4, -0.2) is 44.8 Å². The summed E-state index contributed by atoms with van der Waals surface area (Å²) < 4.78 is 16.4. The van der Waals surface area contributed by atoms with E-state index in [4.69, 9.17) is 11.6 Å². The number of nitrogens with zero attached hydrogens (tertiary/aromatic N) is 5. The number of hydrogen-bond acceptors (Lipinski definition) is 4. The highest BCUT2D eigenvalue weighted by Gasteiger charge is 2.19. The van der Waals surface area contributed by atoms with Gasteiger partial charge >= 0.3 is 0 Å². The number of likely N-dealkylation sites (tertiary alicyclic amines) is 1. The molecule has 1 aromatic carbocycles. The summed E-state index contributed by atoms with van der Waals surface area (Å²) in [6.07, 6.45) is 11.5. The number of piperidine rings is 1. The first-order valence-electron chi connectivity index (χ1n) is 10.7. The predicted octanol–water partition coefficient (Wildman–Crippen LogP) is 5.73. The van der Waals surface area contributed by atoms with Gasteiger partial charge in [-0.3, -0.25) is 14.6 Å². The quantitative estimate of drug-likeness (QED) is 0.400. The maximum Gasteiger partial charge on any atom is 0.132 e. The lowest BCUT2D eigenvalue weighted by molar-refractivity contribution is 0.212. The molecule has 7 heteroatoms. The molecule has 0 aliphatic carbocycles. The second kappa shape index (κ2) is 8.81. The van der Waals surface area contributed by atoms with Crippen molar-refractivity contribution in [1.82, 2.24) is 24.6 Å². The van der Waals surface area contributed by atoms with E-state index in [-0.39, 0.29) is 5.82 Å². The van der Waals surface area contributed by atoms with Crippen LogP contribution in [0.25, 0.3) is 33.5 Å². The summed E-state index contributed by atoms with van der Waals surface area (Å²) in [4.78, 5) is 11.1. The number of hydrogen-bond donors (Lipinski definition) is 0. The first-order valence-corrected chi connectivity index (χ1v) is 11.0. The normalized spacial score (nSPS) is 15.2. The molecule has 4 aromatic rings. The largest absolute Gasteiger partial charge is 0.306 e. The van der Waals surface area contributed by atoms with Gasteiger partial charge in [0.05, 0.1) is 17.9 Å². The predicted molar refractivity (Wildman–Crippen MR) is 125 cm³/mol. The third-order valence-corrected chi connectivity index (χ3v) is 6.27. The van der Waals surface area contributed by atoms with E-state index < -0.39 is 0 Å². The molecule has 5 rings (SSSR count). The average Bonchev–Trinajstić information content (AvgIpc) is 3.32. The van der Waals surface area contributed by atoms with Gasteiger partial charge in [0.1, 0.15) is 5.82 Å². The minimum absolute atomic E-state index is 0.354. The van der Waals surface area contributed by atoms with Gasteiger partial charge < -0.3 is 4.90 Å². The fraction of sp³-hybridized carbons (Fsp3) is 0.240. The summed E-state index contributed by atoms with van der Waals surface area (Å²) in [5.41, 5.74) is 4.78. The van der Waals surface area contributed by atoms with Gasteiger partial charge in [-0.2, -0.15) is 5.10 Å². The van der Waals surface area contributed by atoms with Crippen LogP contribution in [0.15, 0.2) is 67.4 Å². The zero-order chi connectivity index (χ0) is 22.1. The smallest absolute Gasteiger partial charge is 0.132 e. The Hall–Kier alpha value is -3.09. The van der Waals surface area contributed by atoms with E-state index in [2.05, 4.69) is 44.0 Å². The second-order valence-electron chi connectivity index (χ2n) is 8.26. The van der Waals surface area contributed by atoms with Crippen LogP contribution >= 0.6 is 11.6 Å².